The van der Waals surface area contributed by atoms with Crippen molar-refractivity contribution in [1.29, 1.82) is 0 Å². The summed E-state index contributed by atoms with van der Waals surface area (Å²) in [5.41, 5.74) is 0. The molecule has 0 fully saturated rings. The first kappa shape index (κ1) is 23.2. The predicted octanol–water partition coefficient (Wildman–Crippen LogP) is 1.16. The summed E-state index contributed by atoms with van der Waals surface area (Å²) in [7, 11) is 5.54. The first-order valence-corrected chi connectivity index (χ1v) is 7.35. The minimum absolute atomic E-state index is 0. The third kappa shape index (κ3) is 14.6. The Balaban J connectivity index is 0. The average molecular weight is 416 g/mol. The van der Waals surface area contributed by atoms with Gasteiger partial charge in [-0.1, -0.05) is 0 Å². The molecular weight excluding hydrogens is 383 g/mol. The molecule has 2 N–H and O–H groups in total. The number of aliphatic imine (C=N–C) groups is 1. The van der Waals surface area contributed by atoms with Crippen LogP contribution >= 0.6 is 24.0 Å². The second-order valence-corrected chi connectivity index (χ2v) is 4.91. The minimum atomic E-state index is 0. The molecule has 0 aliphatic heterocycles. The summed E-state index contributed by atoms with van der Waals surface area (Å²) in [6.07, 6.45) is 1.04. The van der Waals surface area contributed by atoms with Gasteiger partial charge in [-0.05, 0) is 33.9 Å². The molecule has 0 spiro atoms. The van der Waals surface area contributed by atoms with Crippen molar-refractivity contribution < 1.29 is 9.47 Å². The normalized spacial score (nSPS) is 13.0. The number of hydrogen-bond donors (Lipinski definition) is 2. The molecule has 0 amide bonds. The minimum Gasteiger partial charge on any atom is -0.383 e. The summed E-state index contributed by atoms with van der Waals surface area (Å²) < 4.78 is 10.2. The molecule has 0 aliphatic rings. The van der Waals surface area contributed by atoms with E-state index in [1.54, 1.807) is 14.2 Å². The Hall–Kier alpha value is -0.120. The van der Waals surface area contributed by atoms with Gasteiger partial charge in [-0.25, -0.2) is 0 Å². The fourth-order valence-corrected chi connectivity index (χ4v) is 1.74. The van der Waals surface area contributed by atoms with Crippen molar-refractivity contribution in [2.45, 2.75) is 26.3 Å². The standard InChI is InChI=1S/C14H32N4O2.HI/c1-6-15-14(17-13(2)12-20-5)16-8-7-9-18(3)10-11-19-4;/h13H,6-12H2,1-5H3,(H2,15,16,17);1H. The highest BCUT2D eigenvalue weighted by Crippen LogP contribution is 1.90. The molecule has 0 bridgehead atoms. The number of methoxy groups -OCH3 is 2. The number of likely N-dealkylation sites (N-methyl/N-ethyl adjacent to an activating group) is 1. The second kappa shape index (κ2) is 16.3. The zero-order chi connectivity index (χ0) is 15.2. The number of ether oxygens (including phenoxy) is 2. The molecule has 0 aromatic rings. The van der Waals surface area contributed by atoms with Crippen LogP contribution in [-0.2, 0) is 9.47 Å². The molecule has 1 atom stereocenters. The molecule has 21 heavy (non-hydrogen) atoms. The average Bonchev–Trinajstić information content (AvgIpc) is 2.41. The highest BCUT2D eigenvalue weighted by molar-refractivity contribution is 14.0. The number of rotatable bonds is 11. The molecule has 6 nitrogen and oxygen atoms in total. The van der Waals surface area contributed by atoms with E-state index in [2.05, 4.69) is 41.4 Å². The van der Waals surface area contributed by atoms with E-state index < -0.39 is 0 Å². The number of nitrogens with one attached hydrogen (secondary N) is 2. The third-order valence-corrected chi connectivity index (χ3v) is 2.79. The van der Waals surface area contributed by atoms with Crippen LogP contribution in [0.2, 0.25) is 0 Å². The van der Waals surface area contributed by atoms with E-state index in [9.17, 15) is 0 Å². The Morgan fingerprint density at radius 3 is 2.52 bits per heavy atom. The molecule has 0 aliphatic carbocycles. The van der Waals surface area contributed by atoms with Crippen LogP contribution in [0, 0.1) is 0 Å². The predicted molar refractivity (Wildman–Crippen MR) is 99.9 cm³/mol. The van der Waals surface area contributed by atoms with Gasteiger partial charge >= 0.3 is 0 Å². The Bertz CT molecular complexity index is 255. The van der Waals surface area contributed by atoms with Gasteiger partial charge in [-0.3, -0.25) is 4.99 Å². The topological polar surface area (TPSA) is 58.1 Å². The molecule has 0 heterocycles. The lowest BCUT2D eigenvalue weighted by atomic mass is 10.3. The van der Waals surface area contributed by atoms with Gasteiger partial charge in [-0.2, -0.15) is 0 Å². The second-order valence-electron chi connectivity index (χ2n) is 4.91. The molecule has 0 aromatic carbocycles. The van der Waals surface area contributed by atoms with Crippen LogP contribution in [0.5, 0.6) is 0 Å². The largest absolute Gasteiger partial charge is 0.383 e. The highest BCUT2D eigenvalue weighted by atomic mass is 127. The van der Waals surface area contributed by atoms with Crippen LogP contribution < -0.4 is 10.6 Å². The van der Waals surface area contributed by atoms with Crippen molar-refractivity contribution in [3.05, 3.63) is 0 Å². The summed E-state index contributed by atoms with van der Waals surface area (Å²) in [4.78, 5) is 6.83. The van der Waals surface area contributed by atoms with Gasteiger partial charge in [0.25, 0.3) is 0 Å². The van der Waals surface area contributed by atoms with Crippen molar-refractivity contribution in [1.82, 2.24) is 15.5 Å². The Kier molecular flexibility index (Phi) is 17.9. The van der Waals surface area contributed by atoms with E-state index in [0.29, 0.717) is 6.61 Å². The number of nitrogens with zero attached hydrogens (tertiary/aromatic N) is 2. The monoisotopic (exact) mass is 416 g/mol. The van der Waals surface area contributed by atoms with Crippen LogP contribution in [0.15, 0.2) is 4.99 Å². The highest BCUT2D eigenvalue weighted by Gasteiger charge is 2.04. The van der Waals surface area contributed by atoms with E-state index in [-0.39, 0.29) is 30.0 Å². The maximum absolute atomic E-state index is 5.11. The zero-order valence-corrected chi connectivity index (χ0v) is 16.5. The van der Waals surface area contributed by atoms with Crippen LogP contribution in [0.25, 0.3) is 0 Å². The van der Waals surface area contributed by atoms with Gasteiger partial charge in [-0.15, -0.1) is 24.0 Å². The first-order valence-electron chi connectivity index (χ1n) is 7.35. The number of halogens is 1. The smallest absolute Gasteiger partial charge is 0.191 e. The van der Waals surface area contributed by atoms with E-state index in [1.807, 2.05) is 0 Å². The molecule has 1 unspecified atom stereocenters. The van der Waals surface area contributed by atoms with E-state index >= 15 is 0 Å². The summed E-state index contributed by atoms with van der Waals surface area (Å²) in [5.74, 6) is 0.858. The summed E-state index contributed by atoms with van der Waals surface area (Å²) in [5, 5.41) is 6.57. The lowest BCUT2D eigenvalue weighted by Crippen LogP contribution is -2.44. The Labute approximate surface area is 147 Å². The van der Waals surface area contributed by atoms with E-state index in [1.165, 1.54) is 0 Å². The van der Waals surface area contributed by atoms with Crippen molar-refractivity contribution >= 4 is 29.9 Å². The lowest BCUT2D eigenvalue weighted by Gasteiger charge is -2.18. The molecule has 0 saturated carbocycles. The van der Waals surface area contributed by atoms with Gasteiger partial charge < -0.3 is 25.0 Å². The van der Waals surface area contributed by atoms with Crippen molar-refractivity contribution in [3.63, 3.8) is 0 Å². The van der Waals surface area contributed by atoms with Crippen LogP contribution in [0.4, 0.5) is 0 Å². The summed E-state index contributed by atoms with van der Waals surface area (Å²) >= 11 is 0. The van der Waals surface area contributed by atoms with Crippen LogP contribution in [0.1, 0.15) is 20.3 Å². The van der Waals surface area contributed by atoms with Crippen LogP contribution in [0.3, 0.4) is 0 Å². The molecule has 7 heteroatoms. The maximum atomic E-state index is 5.11. The van der Waals surface area contributed by atoms with E-state index in [4.69, 9.17) is 9.47 Å². The molecule has 128 valence electrons. The fraction of sp³-hybridized carbons (Fsp3) is 0.929. The van der Waals surface area contributed by atoms with Gasteiger partial charge in [0, 0.05) is 39.9 Å². The fourth-order valence-electron chi connectivity index (χ4n) is 1.74. The third-order valence-electron chi connectivity index (χ3n) is 2.79. The molecule has 0 saturated heterocycles. The van der Waals surface area contributed by atoms with E-state index in [0.717, 1.165) is 45.2 Å². The van der Waals surface area contributed by atoms with Crippen molar-refractivity contribution in [2.75, 3.05) is 60.7 Å². The van der Waals surface area contributed by atoms with Crippen LogP contribution in [-0.4, -0.2) is 77.6 Å². The van der Waals surface area contributed by atoms with Gasteiger partial charge in [0.2, 0.25) is 0 Å². The number of hydrogen-bond acceptors (Lipinski definition) is 4. The van der Waals surface area contributed by atoms with Gasteiger partial charge in [0.05, 0.1) is 13.2 Å². The van der Waals surface area contributed by atoms with Gasteiger partial charge in [0.1, 0.15) is 0 Å². The lowest BCUT2D eigenvalue weighted by molar-refractivity contribution is 0.161. The van der Waals surface area contributed by atoms with Crippen molar-refractivity contribution in [2.24, 2.45) is 4.99 Å². The molecule has 0 rings (SSSR count). The Morgan fingerprint density at radius 1 is 1.24 bits per heavy atom. The zero-order valence-electron chi connectivity index (χ0n) is 14.1. The van der Waals surface area contributed by atoms with Crippen molar-refractivity contribution in [3.8, 4) is 0 Å². The molecule has 0 radical (unpaired) electrons. The summed E-state index contributed by atoms with van der Waals surface area (Å²) in [6.45, 7) is 9.25. The summed E-state index contributed by atoms with van der Waals surface area (Å²) in [6, 6.07) is 0.252. The maximum Gasteiger partial charge on any atom is 0.191 e. The number of guanidine groups is 1. The SMILES string of the molecule is CCNC(=NCCCN(C)CCOC)NC(C)COC.I. The molecular formula is C14H33IN4O2. The van der Waals surface area contributed by atoms with Gasteiger partial charge in [0.15, 0.2) is 5.96 Å². The first-order chi connectivity index (χ1) is 9.63. The quantitative estimate of drug-likeness (QED) is 0.229. The Morgan fingerprint density at radius 2 is 1.95 bits per heavy atom. The molecule has 0 aromatic heterocycles.